The minimum Gasteiger partial charge on any atom is -0.375 e. The van der Waals surface area contributed by atoms with Crippen LogP contribution in [0, 0.1) is 17.0 Å². The van der Waals surface area contributed by atoms with Gasteiger partial charge in [-0.2, -0.15) is 0 Å². The Morgan fingerprint density at radius 2 is 1.95 bits per heavy atom. The van der Waals surface area contributed by atoms with Crippen molar-refractivity contribution in [1.82, 2.24) is 10.3 Å². The Bertz CT molecular complexity index is 796. The lowest BCUT2D eigenvalue weighted by atomic mass is 10.1. The van der Waals surface area contributed by atoms with Crippen molar-refractivity contribution in [3.63, 3.8) is 0 Å². The van der Waals surface area contributed by atoms with Crippen LogP contribution in [0.15, 0.2) is 41.0 Å². The molecule has 2 aromatic carbocycles. The quantitative estimate of drug-likeness (QED) is 0.584. The van der Waals surface area contributed by atoms with E-state index in [4.69, 9.17) is 0 Å². The van der Waals surface area contributed by atoms with E-state index >= 15 is 0 Å². The van der Waals surface area contributed by atoms with Crippen molar-refractivity contribution >= 4 is 22.4 Å². The fourth-order valence-electron chi connectivity index (χ4n) is 2.07. The van der Waals surface area contributed by atoms with Crippen LogP contribution in [0.5, 0.6) is 0 Å². The Kier molecular flexibility index (Phi) is 3.23. The molecule has 0 saturated carbocycles. The summed E-state index contributed by atoms with van der Waals surface area (Å²) in [5, 5.41) is 21.5. The third-order valence-corrected chi connectivity index (χ3v) is 3.19. The second-order valence-electron chi connectivity index (χ2n) is 4.69. The Labute approximate surface area is 119 Å². The van der Waals surface area contributed by atoms with Gasteiger partial charge in [-0.3, -0.25) is 10.1 Å². The van der Waals surface area contributed by atoms with Crippen molar-refractivity contribution in [2.24, 2.45) is 0 Å². The van der Waals surface area contributed by atoms with Gasteiger partial charge < -0.3 is 5.32 Å². The third-order valence-electron chi connectivity index (χ3n) is 3.19. The number of benzene rings is 2. The normalized spacial score (nSPS) is 10.7. The van der Waals surface area contributed by atoms with E-state index in [1.807, 2.05) is 31.2 Å². The summed E-state index contributed by atoms with van der Waals surface area (Å²) >= 11 is 0. The molecule has 1 N–H and O–H groups in total. The highest BCUT2D eigenvalue weighted by Crippen LogP contribution is 2.31. The fourth-order valence-corrected chi connectivity index (χ4v) is 2.07. The molecule has 7 heteroatoms. The molecule has 0 aliphatic heterocycles. The van der Waals surface area contributed by atoms with E-state index in [1.54, 1.807) is 12.1 Å². The smallest absolute Gasteiger partial charge is 0.323 e. The zero-order valence-electron chi connectivity index (χ0n) is 11.2. The van der Waals surface area contributed by atoms with E-state index in [-0.39, 0.29) is 11.2 Å². The number of rotatable bonds is 4. The Balaban J connectivity index is 1.91. The highest BCUT2D eigenvalue weighted by molar-refractivity contribution is 5.90. The van der Waals surface area contributed by atoms with Gasteiger partial charge in [0.25, 0.3) is 0 Å². The molecule has 0 radical (unpaired) electrons. The van der Waals surface area contributed by atoms with E-state index in [2.05, 4.69) is 20.3 Å². The molecule has 106 valence electrons. The second-order valence-corrected chi connectivity index (χ2v) is 4.69. The molecule has 3 rings (SSSR count). The summed E-state index contributed by atoms with van der Waals surface area (Å²) in [6.07, 6.45) is 0. The van der Waals surface area contributed by atoms with Gasteiger partial charge >= 0.3 is 5.69 Å². The van der Waals surface area contributed by atoms with Gasteiger partial charge in [0.1, 0.15) is 11.2 Å². The molecule has 21 heavy (non-hydrogen) atoms. The summed E-state index contributed by atoms with van der Waals surface area (Å²) in [5.74, 6) is 0. The first-order valence-corrected chi connectivity index (χ1v) is 6.34. The Hall–Kier alpha value is -2.96. The largest absolute Gasteiger partial charge is 0.375 e. The van der Waals surface area contributed by atoms with E-state index in [0.29, 0.717) is 17.7 Å². The van der Waals surface area contributed by atoms with Crippen molar-refractivity contribution in [3.05, 3.63) is 57.6 Å². The second kappa shape index (κ2) is 5.20. The number of aromatic nitrogens is 2. The summed E-state index contributed by atoms with van der Waals surface area (Å²) in [5.41, 5.74) is 2.98. The van der Waals surface area contributed by atoms with Crippen LogP contribution in [0.4, 0.5) is 11.4 Å². The fraction of sp³-hybridized carbons (Fsp3) is 0.143. The minimum atomic E-state index is -0.482. The van der Waals surface area contributed by atoms with E-state index in [0.717, 1.165) is 5.56 Å². The van der Waals surface area contributed by atoms with Crippen LogP contribution in [0.2, 0.25) is 0 Å². The standard InChI is InChI=1S/C14H12N4O3/c1-9-2-4-10(5-3-9)8-15-12-7-6-11-13(17-21-16-11)14(12)18(19)20/h2-7,15H,8H2,1H3. The van der Waals surface area contributed by atoms with Gasteiger partial charge in [-0.25, -0.2) is 4.63 Å². The molecule has 0 spiro atoms. The van der Waals surface area contributed by atoms with Crippen LogP contribution in [0.1, 0.15) is 11.1 Å². The molecule has 0 unspecified atom stereocenters. The number of anilines is 1. The summed E-state index contributed by atoms with van der Waals surface area (Å²) in [4.78, 5) is 10.8. The van der Waals surface area contributed by atoms with Crippen LogP contribution in [0.3, 0.4) is 0 Å². The monoisotopic (exact) mass is 284 g/mol. The first-order chi connectivity index (χ1) is 10.1. The molecule has 1 aromatic heterocycles. The first kappa shape index (κ1) is 13.0. The molecule has 1 heterocycles. The lowest BCUT2D eigenvalue weighted by Gasteiger charge is -2.07. The van der Waals surface area contributed by atoms with Gasteiger partial charge in [-0.1, -0.05) is 29.8 Å². The van der Waals surface area contributed by atoms with Gasteiger partial charge in [-0.05, 0) is 34.9 Å². The predicted octanol–water partition coefficient (Wildman–Crippen LogP) is 3.05. The van der Waals surface area contributed by atoms with E-state index < -0.39 is 4.92 Å². The van der Waals surface area contributed by atoms with Crippen LogP contribution in [0.25, 0.3) is 11.0 Å². The van der Waals surface area contributed by atoms with Crippen LogP contribution in [-0.4, -0.2) is 15.2 Å². The zero-order valence-corrected chi connectivity index (χ0v) is 11.2. The molecule has 0 aliphatic carbocycles. The number of nitro benzene ring substituents is 1. The lowest BCUT2D eigenvalue weighted by molar-refractivity contribution is -0.382. The van der Waals surface area contributed by atoms with Gasteiger partial charge in [0.2, 0.25) is 5.52 Å². The van der Waals surface area contributed by atoms with Crippen molar-refractivity contribution in [2.75, 3.05) is 5.32 Å². The van der Waals surface area contributed by atoms with Crippen molar-refractivity contribution < 1.29 is 9.55 Å². The number of hydrogen-bond donors (Lipinski definition) is 1. The average Bonchev–Trinajstić information content (AvgIpc) is 2.94. The molecular formula is C14H12N4O3. The summed E-state index contributed by atoms with van der Waals surface area (Å²) in [7, 11) is 0. The topological polar surface area (TPSA) is 94.1 Å². The minimum absolute atomic E-state index is 0.124. The molecule has 7 nitrogen and oxygen atoms in total. The summed E-state index contributed by atoms with van der Waals surface area (Å²) < 4.78 is 4.55. The number of nitrogens with one attached hydrogen (secondary N) is 1. The van der Waals surface area contributed by atoms with Crippen LogP contribution < -0.4 is 5.32 Å². The highest BCUT2D eigenvalue weighted by Gasteiger charge is 2.22. The van der Waals surface area contributed by atoms with Gasteiger partial charge in [0.15, 0.2) is 0 Å². The molecule has 0 atom stereocenters. The maximum Gasteiger partial charge on any atom is 0.323 e. The number of nitrogens with zero attached hydrogens (tertiary/aromatic N) is 3. The number of nitro groups is 1. The zero-order chi connectivity index (χ0) is 14.8. The third kappa shape index (κ3) is 2.53. The van der Waals surface area contributed by atoms with Crippen LogP contribution >= 0.6 is 0 Å². The number of fused-ring (bicyclic) bond motifs is 1. The highest BCUT2D eigenvalue weighted by atomic mass is 16.6. The summed E-state index contributed by atoms with van der Waals surface area (Å²) in [6.45, 7) is 2.49. The predicted molar refractivity (Wildman–Crippen MR) is 77.0 cm³/mol. The van der Waals surface area contributed by atoms with Gasteiger partial charge in [0.05, 0.1) is 4.92 Å². The van der Waals surface area contributed by atoms with Crippen molar-refractivity contribution in [2.45, 2.75) is 13.5 Å². The molecule has 3 aromatic rings. The maximum absolute atomic E-state index is 11.2. The summed E-state index contributed by atoms with van der Waals surface area (Å²) in [6, 6.07) is 11.2. The Morgan fingerprint density at radius 1 is 1.19 bits per heavy atom. The van der Waals surface area contributed by atoms with Crippen molar-refractivity contribution in [1.29, 1.82) is 0 Å². The van der Waals surface area contributed by atoms with Gasteiger partial charge in [0, 0.05) is 6.54 Å². The average molecular weight is 284 g/mol. The van der Waals surface area contributed by atoms with E-state index in [9.17, 15) is 10.1 Å². The van der Waals surface area contributed by atoms with Crippen LogP contribution in [-0.2, 0) is 6.54 Å². The van der Waals surface area contributed by atoms with Crippen molar-refractivity contribution in [3.8, 4) is 0 Å². The molecule has 0 bridgehead atoms. The lowest BCUT2D eigenvalue weighted by Crippen LogP contribution is -2.03. The SMILES string of the molecule is Cc1ccc(CNc2ccc3nonc3c2[N+](=O)[O-])cc1. The van der Waals surface area contributed by atoms with Gasteiger partial charge in [-0.15, -0.1) is 0 Å². The maximum atomic E-state index is 11.2. The number of aryl methyl sites for hydroxylation is 1. The number of hydrogen-bond acceptors (Lipinski definition) is 6. The Morgan fingerprint density at radius 3 is 2.67 bits per heavy atom. The first-order valence-electron chi connectivity index (χ1n) is 6.34. The molecular weight excluding hydrogens is 272 g/mol. The molecule has 0 aliphatic rings. The molecule has 0 amide bonds. The van der Waals surface area contributed by atoms with E-state index in [1.165, 1.54) is 5.56 Å². The molecule has 0 fully saturated rings. The molecule has 0 saturated heterocycles.